The van der Waals surface area contributed by atoms with Gasteiger partial charge in [0.2, 0.25) is 11.7 Å². The molecule has 118 valence electrons. The first-order valence-corrected chi connectivity index (χ1v) is 6.76. The van der Waals surface area contributed by atoms with Gasteiger partial charge in [0.05, 0.1) is 27.4 Å². The monoisotopic (exact) mass is 296 g/mol. The Kier molecular flexibility index (Phi) is 6.30. The molecule has 0 fully saturated rings. The smallest absolute Gasteiger partial charge is 0.237 e. The van der Waals surface area contributed by atoms with Crippen LogP contribution in [0.4, 0.5) is 0 Å². The van der Waals surface area contributed by atoms with E-state index in [1.807, 2.05) is 13.8 Å². The van der Waals surface area contributed by atoms with Gasteiger partial charge in [0.1, 0.15) is 0 Å². The van der Waals surface area contributed by atoms with E-state index in [1.165, 1.54) is 0 Å². The summed E-state index contributed by atoms with van der Waals surface area (Å²) in [6, 6.07) is 3.07. The maximum absolute atomic E-state index is 11.9. The minimum Gasteiger partial charge on any atom is -0.493 e. The highest BCUT2D eigenvalue weighted by Crippen LogP contribution is 2.38. The highest BCUT2D eigenvalue weighted by atomic mass is 16.5. The predicted octanol–water partition coefficient (Wildman–Crippen LogP) is 1.31. The fourth-order valence-electron chi connectivity index (χ4n) is 1.85. The van der Waals surface area contributed by atoms with Crippen molar-refractivity contribution in [3.63, 3.8) is 0 Å². The Morgan fingerprint density at radius 3 is 2.05 bits per heavy atom. The number of rotatable bonds is 7. The summed E-state index contributed by atoms with van der Waals surface area (Å²) in [5.41, 5.74) is 6.64. The molecule has 1 atom stereocenters. The molecule has 1 amide bonds. The molecule has 0 saturated carbocycles. The molecular formula is C15H24N2O4. The summed E-state index contributed by atoms with van der Waals surface area (Å²) in [4.78, 5) is 11.9. The summed E-state index contributed by atoms with van der Waals surface area (Å²) in [5.74, 6) is 1.53. The molecule has 1 aromatic carbocycles. The second kappa shape index (κ2) is 7.73. The van der Waals surface area contributed by atoms with Gasteiger partial charge in [-0.05, 0) is 23.6 Å². The number of nitrogens with two attached hydrogens (primary N) is 1. The lowest BCUT2D eigenvalue weighted by molar-refractivity contribution is -0.123. The maximum Gasteiger partial charge on any atom is 0.237 e. The number of benzene rings is 1. The number of nitrogens with one attached hydrogen (secondary N) is 1. The molecule has 6 nitrogen and oxygen atoms in total. The number of methoxy groups -OCH3 is 3. The zero-order valence-corrected chi connectivity index (χ0v) is 13.2. The van der Waals surface area contributed by atoms with Crippen molar-refractivity contribution in [1.29, 1.82) is 0 Å². The molecule has 0 heterocycles. The lowest BCUT2D eigenvalue weighted by atomic mass is 10.0. The molecule has 0 bridgehead atoms. The number of carbonyl (C=O) groups is 1. The second-order valence-corrected chi connectivity index (χ2v) is 5.02. The average molecular weight is 296 g/mol. The Balaban J connectivity index is 2.87. The van der Waals surface area contributed by atoms with Gasteiger partial charge in [0, 0.05) is 6.54 Å². The van der Waals surface area contributed by atoms with Crippen molar-refractivity contribution >= 4 is 5.91 Å². The van der Waals surface area contributed by atoms with Gasteiger partial charge in [-0.15, -0.1) is 0 Å². The van der Waals surface area contributed by atoms with Crippen molar-refractivity contribution in [1.82, 2.24) is 5.32 Å². The summed E-state index contributed by atoms with van der Waals surface area (Å²) >= 11 is 0. The Bertz CT molecular complexity index is 464. The van der Waals surface area contributed by atoms with Crippen LogP contribution in [-0.4, -0.2) is 33.3 Å². The minimum absolute atomic E-state index is 0.0879. The Morgan fingerprint density at radius 2 is 1.67 bits per heavy atom. The number of ether oxygens (including phenoxy) is 3. The van der Waals surface area contributed by atoms with Gasteiger partial charge < -0.3 is 25.3 Å². The number of amides is 1. The second-order valence-electron chi connectivity index (χ2n) is 5.02. The standard InChI is InChI=1S/C15H24N2O4/c1-9(2)13(16)15(18)17-8-10-6-11(19-3)14(21-5)12(7-10)20-4/h6-7,9,13H,8,16H2,1-5H3,(H,17,18). The number of hydrogen-bond acceptors (Lipinski definition) is 5. The van der Waals surface area contributed by atoms with E-state index in [9.17, 15) is 4.79 Å². The SMILES string of the molecule is COc1cc(CNC(=O)C(N)C(C)C)cc(OC)c1OC. The van der Waals surface area contributed by atoms with Gasteiger partial charge in [0.15, 0.2) is 11.5 Å². The van der Waals surface area contributed by atoms with Gasteiger partial charge >= 0.3 is 0 Å². The van der Waals surface area contributed by atoms with Crippen LogP contribution in [0.5, 0.6) is 17.2 Å². The predicted molar refractivity (Wildman–Crippen MR) is 80.8 cm³/mol. The van der Waals surface area contributed by atoms with Crippen molar-refractivity contribution in [2.45, 2.75) is 26.4 Å². The largest absolute Gasteiger partial charge is 0.493 e. The summed E-state index contributed by atoms with van der Waals surface area (Å²) in [5, 5.41) is 2.80. The van der Waals surface area contributed by atoms with Crippen LogP contribution in [0.3, 0.4) is 0 Å². The molecule has 0 aliphatic heterocycles. The third-order valence-electron chi connectivity index (χ3n) is 3.21. The third kappa shape index (κ3) is 4.26. The lowest BCUT2D eigenvalue weighted by Gasteiger charge is -2.17. The zero-order chi connectivity index (χ0) is 16.0. The van der Waals surface area contributed by atoms with Crippen LogP contribution in [0.25, 0.3) is 0 Å². The molecule has 0 aromatic heterocycles. The van der Waals surface area contributed by atoms with Crippen LogP contribution in [0, 0.1) is 5.92 Å². The Hall–Kier alpha value is -1.95. The molecule has 0 spiro atoms. The number of carbonyl (C=O) groups excluding carboxylic acids is 1. The van der Waals surface area contributed by atoms with Gasteiger partial charge in [-0.25, -0.2) is 0 Å². The van der Waals surface area contributed by atoms with Gasteiger partial charge in [-0.3, -0.25) is 4.79 Å². The van der Waals surface area contributed by atoms with Crippen molar-refractivity contribution in [2.75, 3.05) is 21.3 Å². The van der Waals surface area contributed by atoms with Crippen LogP contribution < -0.4 is 25.3 Å². The average Bonchev–Trinajstić information content (AvgIpc) is 2.50. The minimum atomic E-state index is -0.521. The van der Waals surface area contributed by atoms with Crippen molar-refractivity contribution in [3.05, 3.63) is 17.7 Å². The van der Waals surface area contributed by atoms with Crippen LogP contribution in [0.15, 0.2) is 12.1 Å². The molecule has 3 N–H and O–H groups in total. The highest BCUT2D eigenvalue weighted by Gasteiger charge is 2.18. The first-order chi connectivity index (χ1) is 9.94. The summed E-state index contributed by atoms with van der Waals surface area (Å²) < 4.78 is 15.8. The zero-order valence-electron chi connectivity index (χ0n) is 13.2. The van der Waals surface area contributed by atoms with E-state index in [2.05, 4.69) is 5.32 Å². The van der Waals surface area contributed by atoms with Gasteiger partial charge in [-0.1, -0.05) is 13.8 Å². The van der Waals surface area contributed by atoms with Gasteiger partial charge in [0.25, 0.3) is 0 Å². The summed E-state index contributed by atoms with van der Waals surface area (Å²) in [6.07, 6.45) is 0. The molecule has 0 aliphatic rings. The highest BCUT2D eigenvalue weighted by molar-refractivity contribution is 5.81. The van der Waals surface area contributed by atoms with E-state index in [4.69, 9.17) is 19.9 Å². The van der Waals surface area contributed by atoms with Crippen LogP contribution >= 0.6 is 0 Å². The molecular weight excluding hydrogens is 272 g/mol. The van der Waals surface area contributed by atoms with Crippen molar-refractivity contribution < 1.29 is 19.0 Å². The van der Waals surface area contributed by atoms with E-state index in [0.29, 0.717) is 23.8 Å². The molecule has 0 aliphatic carbocycles. The lowest BCUT2D eigenvalue weighted by Crippen LogP contribution is -2.43. The fourth-order valence-corrected chi connectivity index (χ4v) is 1.85. The quantitative estimate of drug-likeness (QED) is 0.793. The molecule has 0 saturated heterocycles. The van der Waals surface area contributed by atoms with Crippen LogP contribution in [0.1, 0.15) is 19.4 Å². The summed E-state index contributed by atoms with van der Waals surface area (Å²) in [6.45, 7) is 4.16. The molecule has 1 unspecified atom stereocenters. The number of hydrogen-bond donors (Lipinski definition) is 2. The van der Waals surface area contributed by atoms with Gasteiger partial charge in [-0.2, -0.15) is 0 Å². The molecule has 21 heavy (non-hydrogen) atoms. The molecule has 1 aromatic rings. The van der Waals surface area contributed by atoms with Crippen LogP contribution in [0.2, 0.25) is 0 Å². The molecule has 6 heteroatoms. The fraction of sp³-hybridized carbons (Fsp3) is 0.533. The van der Waals surface area contributed by atoms with E-state index >= 15 is 0 Å². The molecule has 0 radical (unpaired) electrons. The van der Waals surface area contributed by atoms with Crippen LogP contribution in [-0.2, 0) is 11.3 Å². The first-order valence-electron chi connectivity index (χ1n) is 6.76. The van der Waals surface area contributed by atoms with E-state index < -0.39 is 6.04 Å². The van der Waals surface area contributed by atoms with E-state index in [0.717, 1.165) is 5.56 Å². The Morgan fingerprint density at radius 1 is 1.14 bits per heavy atom. The third-order valence-corrected chi connectivity index (χ3v) is 3.21. The van der Waals surface area contributed by atoms with E-state index in [-0.39, 0.29) is 11.8 Å². The van der Waals surface area contributed by atoms with E-state index in [1.54, 1.807) is 33.5 Å². The molecule has 1 rings (SSSR count). The topological polar surface area (TPSA) is 82.8 Å². The van der Waals surface area contributed by atoms with Crippen molar-refractivity contribution in [3.8, 4) is 17.2 Å². The normalized spacial score (nSPS) is 12.0. The summed E-state index contributed by atoms with van der Waals surface area (Å²) in [7, 11) is 4.64. The first kappa shape index (κ1) is 17.1. The maximum atomic E-state index is 11.9. The van der Waals surface area contributed by atoms with Crippen molar-refractivity contribution in [2.24, 2.45) is 11.7 Å². The Labute approximate surface area is 125 Å².